The lowest BCUT2D eigenvalue weighted by Gasteiger charge is -2.10. The highest BCUT2D eigenvalue weighted by Gasteiger charge is 2.20. The molecule has 0 unspecified atom stereocenters. The predicted molar refractivity (Wildman–Crippen MR) is 81.8 cm³/mol. The van der Waals surface area contributed by atoms with Gasteiger partial charge in [0, 0.05) is 23.9 Å². The summed E-state index contributed by atoms with van der Waals surface area (Å²) in [6, 6.07) is 1.44. The van der Waals surface area contributed by atoms with Crippen molar-refractivity contribution >= 4 is 49.0 Å². The largest absolute Gasteiger partial charge is 0.389 e. The van der Waals surface area contributed by atoms with Crippen LogP contribution in [0.15, 0.2) is 34.0 Å². The SMILES string of the molecule is Cn1ncc(C(N)=S)c1NS(=O)(=O)c1cncc(Br)c1. The van der Waals surface area contributed by atoms with Gasteiger partial charge >= 0.3 is 0 Å². The first-order valence-electron chi connectivity index (χ1n) is 5.26. The Morgan fingerprint density at radius 1 is 1.45 bits per heavy atom. The molecule has 0 aromatic carbocycles. The molecule has 0 saturated heterocycles. The fraction of sp³-hybridized carbons (Fsp3) is 0.100. The topological polar surface area (TPSA) is 103 Å². The molecule has 3 N–H and O–H groups in total. The number of nitrogens with zero attached hydrogens (tertiary/aromatic N) is 3. The van der Waals surface area contributed by atoms with Crippen molar-refractivity contribution in [1.82, 2.24) is 14.8 Å². The van der Waals surface area contributed by atoms with Crippen molar-refractivity contribution in [2.45, 2.75) is 4.90 Å². The molecule has 0 aliphatic carbocycles. The lowest BCUT2D eigenvalue weighted by molar-refractivity contribution is 0.599. The molecule has 0 saturated carbocycles. The van der Waals surface area contributed by atoms with Crippen molar-refractivity contribution in [3.63, 3.8) is 0 Å². The van der Waals surface area contributed by atoms with E-state index in [1.165, 1.54) is 29.3 Å². The minimum atomic E-state index is -3.80. The van der Waals surface area contributed by atoms with E-state index in [-0.39, 0.29) is 15.7 Å². The third-order valence-electron chi connectivity index (χ3n) is 2.43. The van der Waals surface area contributed by atoms with Crippen LogP contribution in [0, 0.1) is 0 Å². The highest BCUT2D eigenvalue weighted by molar-refractivity contribution is 9.10. The second-order valence-electron chi connectivity index (χ2n) is 3.84. The van der Waals surface area contributed by atoms with Gasteiger partial charge < -0.3 is 5.73 Å². The van der Waals surface area contributed by atoms with Crippen molar-refractivity contribution in [3.05, 3.63) is 34.7 Å². The number of thiocarbonyl (C=S) groups is 1. The third kappa shape index (κ3) is 2.97. The van der Waals surface area contributed by atoms with E-state index in [1.54, 1.807) is 7.05 Å². The van der Waals surface area contributed by atoms with Crippen molar-refractivity contribution < 1.29 is 8.42 Å². The van der Waals surface area contributed by atoms with Gasteiger partial charge in [0.25, 0.3) is 10.0 Å². The third-order valence-corrected chi connectivity index (χ3v) is 4.38. The van der Waals surface area contributed by atoms with Gasteiger partial charge in [-0.2, -0.15) is 5.10 Å². The van der Waals surface area contributed by atoms with Crippen molar-refractivity contribution in [1.29, 1.82) is 0 Å². The number of anilines is 1. The van der Waals surface area contributed by atoms with Crippen LogP contribution in [-0.2, 0) is 17.1 Å². The average molecular weight is 376 g/mol. The Morgan fingerprint density at radius 2 is 2.15 bits per heavy atom. The van der Waals surface area contributed by atoms with Gasteiger partial charge in [0.05, 0.1) is 11.8 Å². The van der Waals surface area contributed by atoms with Gasteiger partial charge in [0.1, 0.15) is 15.7 Å². The summed E-state index contributed by atoms with van der Waals surface area (Å²) in [6.45, 7) is 0. The number of pyridine rings is 1. The fourth-order valence-electron chi connectivity index (χ4n) is 1.46. The summed E-state index contributed by atoms with van der Waals surface area (Å²) in [5.41, 5.74) is 5.89. The van der Waals surface area contributed by atoms with Gasteiger partial charge in [0.2, 0.25) is 0 Å². The molecule has 0 atom stereocenters. The first kappa shape index (κ1) is 14.9. The molecular formula is C10H10BrN5O2S2. The normalized spacial score (nSPS) is 11.3. The molecule has 2 aromatic heterocycles. The minimum Gasteiger partial charge on any atom is -0.389 e. The smallest absolute Gasteiger partial charge is 0.264 e. The molecule has 2 aromatic rings. The zero-order valence-electron chi connectivity index (χ0n) is 10.2. The molecule has 2 rings (SSSR count). The van der Waals surface area contributed by atoms with E-state index >= 15 is 0 Å². The summed E-state index contributed by atoms with van der Waals surface area (Å²) in [5.74, 6) is 0.206. The van der Waals surface area contributed by atoms with Crippen molar-refractivity contribution in [3.8, 4) is 0 Å². The van der Waals surface area contributed by atoms with E-state index in [0.717, 1.165) is 0 Å². The number of nitrogens with one attached hydrogen (secondary N) is 1. The summed E-state index contributed by atoms with van der Waals surface area (Å²) in [6.07, 6.45) is 4.13. The van der Waals surface area contributed by atoms with Crippen molar-refractivity contribution in [2.75, 3.05) is 4.72 Å². The highest BCUT2D eigenvalue weighted by Crippen LogP contribution is 2.20. The van der Waals surface area contributed by atoms with Gasteiger partial charge in [-0.15, -0.1) is 0 Å². The summed E-state index contributed by atoms with van der Waals surface area (Å²) >= 11 is 8.03. The lowest BCUT2D eigenvalue weighted by Crippen LogP contribution is -2.19. The number of nitrogens with two attached hydrogens (primary N) is 1. The quantitative estimate of drug-likeness (QED) is 0.773. The molecule has 0 spiro atoms. The first-order valence-corrected chi connectivity index (χ1v) is 7.95. The number of aryl methyl sites for hydroxylation is 1. The van der Waals surface area contributed by atoms with Gasteiger partial charge in [-0.1, -0.05) is 12.2 Å². The van der Waals surface area contributed by atoms with Crippen LogP contribution in [0.25, 0.3) is 0 Å². The molecule has 0 fully saturated rings. The van der Waals surface area contributed by atoms with Crippen LogP contribution >= 0.6 is 28.1 Å². The second-order valence-corrected chi connectivity index (χ2v) is 6.88. The van der Waals surface area contributed by atoms with Gasteiger partial charge in [-0.05, 0) is 22.0 Å². The Morgan fingerprint density at radius 3 is 2.75 bits per heavy atom. The molecule has 0 radical (unpaired) electrons. The Balaban J connectivity index is 2.44. The van der Waals surface area contributed by atoms with Crippen LogP contribution in [0.2, 0.25) is 0 Å². The van der Waals surface area contributed by atoms with Gasteiger partial charge in [-0.25, -0.2) is 8.42 Å². The molecule has 0 bridgehead atoms. The maximum atomic E-state index is 12.3. The van der Waals surface area contributed by atoms with E-state index in [4.69, 9.17) is 18.0 Å². The van der Waals surface area contributed by atoms with E-state index in [0.29, 0.717) is 10.0 Å². The number of hydrogen-bond acceptors (Lipinski definition) is 5. The molecule has 10 heteroatoms. The van der Waals surface area contributed by atoms with E-state index in [1.807, 2.05) is 0 Å². The fourth-order valence-corrected chi connectivity index (χ4v) is 3.23. The van der Waals surface area contributed by atoms with E-state index in [2.05, 4.69) is 30.7 Å². The minimum absolute atomic E-state index is 0.0157. The number of aromatic nitrogens is 3. The van der Waals surface area contributed by atoms with E-state index < -0.39 is 10.0 Å². The van der Waals surface area contributed by atoms with Crippen molar-refractivity contribution in [2.24, 2.45) is 12.8 Å². The predicted octanol–water partition coefficient (Wildman–Crippen LogP) is 1.01. The van der Waals surface area contributed by atoms with Crippen LogP contribution in [0.1, 0.15) is 5.56 Å². The molecular weight excluding hydrogens is 366 g/mol. The zero-order chi connectivity index (χ0) is 14.9. The van der Waals surface area contributed by atoms with Crippen LogP contribution in [0.5, 0.6) is 0 Å². The molecule has 7 nitrogen and oxygen atoms in total. The Labute approximate surface area is 129 Å². The zero-order valence-corrected chi connectivity index (χ0v) is 13.5. The lowest BCUT2D eigenvalue weighted by atomic mass is 10.3. The molecule has 0 aliphatic rings. The number of rotatable bonds is 4. The summed E-state index contributed by atoms with van der Waals surface area (Å²) in [7, 11) is -2.22. The van der Waals surface area contributed by atoms with Gasteiger partial charge in [-0.3, -0.25) is 14.4 Å². The standard InChI is InChI=1S/C10H10BrN5O2S2/c1-16-10(8(5-14-16)9(12)19)15-20(17,18)7-2-6(11)3-13-4-7/h2-5,15H,1H3,(H2,12,19). The molecule has 2 heterocycles. The second kappa shape index (κ2) is 5.46. The Kier molecular flexibility index (Phi) is 4.06. The number of halogens is 1. The van der Waals surface area contributed by atoms with Crippen LogP contribution < -0.4 is 10.5 Å². The summed E-state index contributed by atoms with van der Waals surface area (Å²) in [5, 5.41) is 3.93. The summed E-state index contributed by atoms with van der Waals surface area (Å²) in [4.78, 5) is 3.89. The molecule has 0 amide bonds. The number of hydrogen-bond donors (Lipinski definition) is 2. The molecule has 106 valence electrons. The Hall–Kier alpha value is -1.52. The molecule has 20 heavy (non-hydrogen) atoms. The van der Waals surface area contributed by atoms with Crippen LogP contribution in [-0.4, -0.2) is 28.2 Å². The van der Waals surface area contributed by atoms with E-state index in [9.17, 15) is 8.42 Å². The Bertz CT molecular complexity index is 772. The molecule has 0 aliphatic heterocycles. The van der Waals surface area contributed by atoms with Crippen LogP contribution in [0.4, 0.5) is 5.82 Å². The average Bonchev–Trinajstić information content (AvgIpc) is 2.71. The van der Waals surface area contributed by atoms with Crippen LogP contribution in [0.3, 0.4) is 0 Å². The first-order chi connectivity index (χ1) is 9.31. The number of sulfonamides is 1. The monoisotopic (exact) mass is 375 g/mol. The maximum Gasteiger partial charge on any atom is 0.264 e. The summed E-state index contributed by atoms with van der Waals surface area (Å²) < 4.78 is 28.9. The highest BCUT2D eigenvalue weighted by atomic mass is 79.9. The maximum absolute atomic E-state index is 12.3. The van der Waals surface area contributed by atoms with Gasteiger partial charge in [0.15, 0.2) is 0 Å².